The third-order valence-corrected chi connectivity index (χ3v) is 4.76. The van der Waals surface area contributed by atoms with Gasteiger partial charge in [-0.2, -0.15) is 17.4 Å². The Balaban J connectivity index is 2.62. The number of rotatable bonds is 6. The molecule has 17 heavy (non-hydrogen) atoms. The van der Waals surface area contributed by atoms with Crippen molar-refractivity contribution in [2.45, 2.75) is 25.8 Å². The van der Waals surface area contributed by atoms with Gasteiger partial charge in [-0.15, -0.1) is 0 Å². The minimum absolute atomic E-state index is 0.0844. The Kier molecular flexibility index (Phi) is 5.81. The van der Waals surface area contributed by atoms with Crippen LogP contribution in [0.15, 0.2) is 0 Å². The standard InChI is InChI=1S/C10H23N3O3S/c1-9-3-5-13(10(7-9)8-11)17(14,15)12-4-6-16-2/h9-10,12H,3-8,11H2,1-2H3. The maximum atomic E-state index is 12.0. The molecule has 1 rings (SSSR count). The van der Waals surface area contributed by atoms with Crippen LogP contribution < -0.4 is 10.5 Å². The average molecular weight is 265 g/mol. The smallest absolute Gasteiger partial charge is 0.279 e. The molecule has 0 amide bonds. The first-order chi connectivity index (χ1) is 8.01. The molecule has 7 heteroatoms. The van der Waals surface area contributed by atoms with Crippen molar-refractivity contribution in [1.29, 1.82) is 0 Å². The maximum absolute atomic E-state index is 12.0. The summed E-state index contributed by atoms with van der Waals surface area (Å²) in [5, 5.41) is 0. The first kappa shape index (κ1) is 14.8. The van der Waals surface area contributed by atoms with Crippen LogP contribution in [0, 0.1) is 5.92 Å². The van der Waals surface area contributed by atoms with Gasteiger partial charge in [0.2, 0.25) is 0 Å². The van der Waals surface area contributed by atoms with E-state index in [-0.39, 0.29) is 6.04 Å². The quantitative estimate of drug-likeness (QED) is 0.636. The number of piperidine rings is 1. The summed E-state index contributed by atoms with van der Waals surface area (Å²) in [4.78, 5) is 0. The van der Waals surface area contributed by atoms with Crippen LogP contribution in [0.2, 0.25) is 0 Å². The van der Waals surface area contributed by atoms with Crippen LogP contribution >= 0.6 is 0 Å². The van der Waals surface area contributed by atoms with E-state index in [1.807, 2.05) is 0 Å². The largest absolute Gasteiger partial charge is 0.383 e. The molecule has 1 saturated heterocycles. The summed E-state index contributed by atoms with van der Waals surface area (Å²) in [6.07, 6.45) is 1.73. The molecule has 0 saturated carbocycles. The minimum atomic E-state index is -3.42. The van der Waals surface area contributed by atoms with Crippen molar-refractivity contribution in [2.24, 2.45) is 11.7 Å². The second kappa shape index (κ2) is 6.65. The van der Waals surface area contributed by atoms with Crippen LogP contribution in [-0.4, -0.2) is 52.1 Å². The van der Waals surface area contributed by atoms with Gasteiger partial charge in [0.05, 0.1) is 6.61 Å². The fraction of sp³-hybridized carbons (Fsp3) is 1.00. The first-order valence-corrected chi connectivity index (χ1v) is 7.40. The highest BCUT2D eigenvalue weighted by Gasteiger charge is 2.33. The zero-order valence-electron chi connectivity index (χ0n) is 10.6. The zero-order valence-corrected chi connectivity index (χ0v) is 11.4. The molecule has 0 spiro atoms. The average Bonchev–Trinajstić information content (AvgIpc) is 2.28. The van der Waals surface area contributed by atoms with E-state index in [1.54, 1.807) is 7.11 Å². The monoisotopic (exact) mass is 265 g/mol. The van der Waals surface area contributed by atoms with Gasteiger partial charge in [-0.1, -0.05) is 6.92 Å². The summed E-state index contributed by atoms with van der Waals surface area (Å²) >= 11 is 0. The zero-order chi connectivity index (χ0) is 12.9. The lowest BCUT2D eigenvalue weighted by molar-refractivity contribution is 0.196. The minimum Gasteiger partial charge on any atom is -0.383 e. The fourth-order valence-corrected chi connectivity index (χ4v) is 3.53. The van der Waals surface area contributed by atoms with E-state index in [2.05, 4.69) is 11.6 Å². The first-order valence-electron chi connectivity index (χ1n) is 5.96. The van der Waals surface area contributed by atoms with Gasteiger partial charge in [-0.05, 0) is 18.8 Å². The summed E-state index contributed by atoms with van der Waals surface area (Å²) in [5.41, 5.74) is 5.65. The Bertz CT molecular complexity index is 321. The lowest BCUT2D eigenvalue weighted by Gasteiger charge is -2.36. The summed E-state index contributed by atoms with van der Waals surface area (Å²) in [7, 11) is -1.88. The van der Waals surface area contributed by atoms with E-state index in [9.17, 15) is 8.42 Å². The lowest BCUT2D eigenvalue weighted by Crippen LogP contribution is -2.53. The Morgan fingerprint density at radius 1 is 1.53 bits per heavy atom. The summed E-state index contributed by atoms with van der Waals surface area (Å²) in [6, 6.07) is -0.0844. The Morgan fingerprint density at radius 2 is 2.24 bits per heavy atom. The highest BCUT2D eigenvalue weighted by atomic mass is 32.2. The van der Waals surface area contributed by atoms with E-state index >= 15 is 0 Å². The summed E-state index contributed by atoms with van der Waals surface area (Å²) in [6.45, 7) is 3.71. The molecule has 3 N–H and O–H groups in total. The van der Waals surface area contributed by atoms with Gasteiger partial charge in [0.25, 0.3) is 10.2 Å². The molecule has 0 aromatic carbocycles. The van der Waals surface area contributed by atoms with Crippen LogP contribution in [0.1, 0.15) is 19.8 Å². The SMILES string of the molecule is COCCNS(=O)(=O)N1CCC(C)CC1CN. The number of hydrogen-bond donors (Lipinski definition) is 2. The summed E-state index contributed by atoms with van der Waals surface area (Å²) < 4.78 is 32.9. The van der Waals surface area contributed by atoms with Crippen molar-refractivity contribution in [3.63, 3.8) is 0 Å². The highest BCUT2D eigenvalue weighted by molar-refractivity contribution is 7.87. The highest BCUT2D eigenvalue weighted by Crippen LogP contribution is 2.23. The molecule has 1 aliphatic rings. The van der Waals surface area contributed by atoms with E-state index in [4.69, 9.17) is 10.5 Å². The van der Waals surface area contributed by atoms with Gasteiger partial charge in [-0.25, -0.2) is 0 Å². The van der Waals surface area contributed by atoms with Gasteiger partial charge in [0, 0.05) is 32.8 Å². The van der Waals surface area contributed by atoms with Crippen molar-refractivity contribution in [1.82, 2.24) is 9.03 Å². The predicted octanol–water partition coefficient (Wildman–Crippen LogP) is -0.474. The van der Waals surface area contributed by atoms with Crippen LogP contribution in [0.5, 0.6) is 0 Å². The number of nitrogens with zero attached hydrogens (tertiary/aromatic N) is 1. The van der Waals surface area contributed by atoms with Crippen LogP contribution in [0.3, 0.4) is 0 Å². The van der Waals surface area contributed by atoms with Crippen molar-refractivity contribution in [2.75, 3.05) is 33.4 Å². The van der Waals surface area contributed by atoms with Crippen LogP contribution in [-0.2, 0) is 14.9 Å². The van der Waals surface area contributed by atoms with E-state index in [0.29, 0.717) is 32.2 Å². The molecule has 0 aromatic heterocycles. The fourth-order valence-electron chi connectivity index (χ4n) is 2.12. The van der Waals surface area contributed by atoms with Crippen molar-refractivity contribution >= 4 is 10.2 Å². The molecular weight excluding hydrogens is 242 g/mol. The summed E-state index contributed by atoms with van der Waals surface area (Å²) in [5.74, 6) is 0.536. The lowest BCUT2D eigenvalue weighted by atomic mass is 9.94. The van der Waals surface area contributed by atoms with E-state index < -0.39 is 10.2 Å². The molecule has 1 heterocycles. The second-order valence-electron chi connectivity index (χ2n) is 4.52. The number of ether oxygens (including phenoxy) is 1. The Labute approximate surface area is 104 Å². The molecule has 0 aromatic rings. The second-order valence-corrected chi connectivity index (χ2v) is 6.23. The van der Waals surface area contributed by atoms with Gasteiger partial charge in [-0.3, -0.25) is 0 Å². The third kappa shape index (κ3) is 4.18. The van der Waals surface area contributed by atoms with Gasteiger partial charge in [0.1, 0.15) is 0 Å². The van der Waals surface area contributed by atoms with Crippen molar-refractivity contribution in [3.05, 3.63) is 0 Å². The molecule has 1 fully saturated rings. The third-order valence-electron chi connectivity index (χ3n) is 3.10. The topological polar surface area (TPSA) is 84.7 Å². The molecule has 1 aliphatic heterocycles. The normalized spacial score (nSPS) is 27.2. The number of nitrogens with one attached hydrogen (secondary N) is 1. The maximum Gasteiger partial charge on any atom is 0.279 e. The van der Waals surface area contributed by atoms with Crippen molar-refractivity contribution in [3.8, 4) is 0 Å². The Hall–Kier alpha value is -0.210. The Morgan fingerprint density at radius 3 is 2.82 bits per heavy atom. The van der Waals surface area contributed by atoms with Crippen LogP contribution in [0.4, 0.5) is 0 Å². The molecule has 2 atom stereocenters. The van der Waals surface area contributed by atoms with Crippen LogP contribution in [0.25, 0.3) is 0 Å². The molecule has 6 nitrogen and oxygen atoms in total. The molecule has 0 aliphatic carbocycles. The molecule has 2 unspecified atom stereocenters. The van der Waals surface area contributed by atoms with Gasteiger partial charge in [0.15, 0.2) is 0 Å². The van der Waals surface area contributed by atoms with E-state index in [0.717, 1.165) is 12.8 Å². The molecule has 0 bridgehead atoms. The number of methoxy groups -OCH3 is 1. The molecule has 102 valence electrons. The van der Waals surface area contributed by atoms with Gasteiger partial charge < -0.3 is 10.5 Å². The number of nitrogens with two attached hydrogens (primary N) is 1. The van der Waals surface area contributed by atoms with E-state index in [1.165, 1.54) is 4.31 Å². The number of hydrogen-bond acceptors (Lipinski definition) is 4. The van der Waals surface area contributed by atoms with Gasteiger partial charge >= 0.3 is 0 Å². The molecular formula is C10H23N3O3S. The predicted molar refractivity (Wildman–Crippen MR) is 66.7 cm³/mol. The van der Waals surface area contributed by atoms with Crippen molar-refractivity contribution < 1.29 is 13.2 Å². The molecule has 0 radical (unpaired) electrons.